The second kappa shape index (κ2) is 4.69. The lowest BCUT2D eigenvalue weighted by Gasteiger charge is -2.30. The predicted octanol–water partition coefficient (Wildman–Crippen LogP) is 3.23. The third kappa shape index (κ3) is 1.90. The van der Waals surface area contributed by atoms with Crippen LogP contribution >= 0.6 is 12.2 Å². The van der Waals surface area contributed by atoms with Crippen LogP contribution in [0.2, 0.25) is 0 Å². The van der Waals surface area contributed by atoms with E-state index in [1.54, 1.807) is 0 Å². The molecule has 1 aliphatic rings. The van der Waals surface area contributed by atoms with E-state index in [-0.39, 0.29) is 0 Å². The molecule has 94 valence electrons. The van der Waals surface area contributed by atoms with Gasteiger partial charge in [-0.3, -0.25) is 5.10 Å². The first kappa shape index (κ1) is 11.7. The second-order valence-electron chi connectivity index (χ2n) is 4.91. The van der Waals surface area contributed by atoms with Gasteiger partial charge in [-0.1, -0.05) is 31.2 Å². The SMILES string of the molecule is CCCc1n[nH]c(=S)n1CC1Cc2ccccc21. The largest absolute Gasteiger partial charge is 0.304 e. The second-order valence-corrected chi connectivity index (χ2v) is 5.29. The Hall–Kier alpha value is -1.42. The lowest BCUT2D eigenvalue weighted by atomic mass is 9.77. The number of nitrogens with one attached hydrogen (secondary N) is 1. The molecule has 0 amide bonds. The maximum absolute atomic E-state index is 5.32. The molecule has 18 heavy (non-hydrogen) atoms. The van der Waals surface area contributed by atoms with Crippen LogP contribution in [-0.2, 0) is 19.4 Å². The molecule has 4 heteroatoms. The summed E-state index contributed by atoms with van der Waals surface area (Å²) in [6, 6.07) is 8.67. The lowest BCUT2D eigenvalue weighted by molar-refractivity contribution is 0.490. The molecular weight excluding hydrogens is 242 g/mol. The van der Waals surface area contributed by atoms with Gasteiger partial charge in [0.2, 0.25) is 0 Å². The van der Waals surface area contributed by atoms with Gasteiger partial charge in [-0.2, -0.15) is 5.10 Å². The van der Waals surface area contributed by atoms with Gasteiger partial charge in [-0.05, 0) is 36.2 Å². The molecule has 3 nitrogen and oxygen atoms in total. The summed E-state index contributed by atoms with van der Waals surface area (Å²) in [5, 5.41) is 7.23. The number of nitrogens with zero attached hydrogens (tertiary/aromatic N) is 2. The van der Waals surface area contributed by atoms with Gasteiger partial charge in [0.25, 0.3) is 0 Å². The topological polar surface area (TPSA) is 33.6 Å². The highest BCUT2D eigenvalue weighted by atomic mass is 32.1. The maximum atomic E-state index is 5.32. The average molecular weight is 259 g/mol. The molecule has 1 aromatic carbocycles. The van der Waals surface area contributed by atoms with E-state index in [2.05, 4.69) is 46.0 Å². The highest BCUT2D eigenvalue weighted by molar-refractivity contribution is 7.71. The Kier molecular flexibility index (Phi) is 3.04. The minimum atomic E-state index is 0.598. The summed E-state index contributed by atoms with van der Waals surface area (Å²) in [6.07, 6.45) is 3.25. The predicted molar refractivity (Wildman–Crippen MR) is 74.3 cm³/mol. The van der Waals surface area contributed by atoms with Crippen molar-refractivity contribution < 1.29 is 0 Å². The average Bonchev–Trinajstić information content (AvgIpc) is 2.68. The van der Waals surface area contributed by atoms with Gasteiger partial charge >= 0.3 is 0 Å². The van der Waals surface area contributed by atoms with Crippen molar-refractivity contribution in [3.8, 4) is 0 Å². The number of benzene rings is 1. The van der Waals surface area contributed by atoms with Gasteiger partial charge in [0, 0.05) is 18.9 Å². The fourth-order valence-electron chi connectivity index (χ4n) is 2.70. The standard InChI is InChI=1S/C14H17N3S/c1-2-5-13-15-16-14(18)17(13)9-11-8-10-6-3-4-7-12(10)11/h3-4,6-7,11H,2,5,8-9H2,1H3,(H,16,18). The zero-order chi connectivity index (χ0) is 12.5. The van der Waals surface area contributed by atoms with Gasteiger partial charge in [-0.25, -0.2) is 0 Å². The molecule has 1 N–H and O–H groups in total. The van der Waals surface area contributed by atoms with Crippen molar-refractivity contribution in [2.75, 3.05) is 0 Å². The summed E-state index contributed by atoms with van der Waals surface area (Å²) < 4.78 is 2.92. The van der Waals surface area contributed by atoms with Gasteiger partial charge in [0.15, 0.2) is 4.77 Å². The molecule has 1 unspecified atom stereocenters. The summed E-state index contributed by atoms with van der Waals surface area (Å²) in [5.74, 6) is 1.69. The zero-order valence-electron chi connectivity index (χ0n) is 10.5. The number of aromatic nitrogens is 3. The molecule has 0 bridgehead atoms. The molecule has 1 heterocycles. The van der Waals surface area contributed by atoms with Gasteiger partial charge < -0.3 is 4.57 Å². The molecule has 1 aliphatic carbocycles. The number of aryl methyl sites for hydroxylation is 1. The number of hydrogen-bond donors (Lipinski definition) is 1. The van der Waals surface area contributed by atoms with Crippen molar-refractivity contribution in [2.45, 2.75) is 38.6 Å². The van der Waals surface area contributed by atoms with Crippen LogP contribution in [0.3, 0.4) is 0 Å². The molecule has 1 aromatic heterocycles. The van der Waals surface area contributed by atoms with Crippen molar-refractivity contribution in [3.05, 3.63) is 46.0 Å². The minimum absolute atomic E-state index is 0.598. The van der Waals surface area contributed by atoms with E-state index >= 15 is 0 Å². The Morgan fingerprint density at radius 3 is 3.06 bits per heavy atom. The van der Waals surface area contributed by atoms with Crippen LogP contribution < -0.4 is 0 Å². The van der Waals surface area contributed by atoms with Gasteiger partial charge in [-0.15, -0.1) is 0 Å². The Labute approximate surface area is 112 Å². The molecule has 0 spiro atoms. The molecule has 3 rings (SSSR count). The first-order valence-corrected chi connectivity index (χ1v) is 6.92. The first-order valence-electron chi connectivity index (χ1n) is 6.51. The number of rotatable bonds is 4. The molecule has 2 aromatic rings. The minimum Gasteiger partial charge on any atom is -0.304 e. The Balaban J connectivity index is 1.83. The van der Waals surface area contributed by atoms with Gasteiger partial charge in [0.05, 0.1) is 0 Å². The number of fused-ring (bicyclic) bond motifs is 1. The van der Waals surface area contributed by atoms with Crippen LogP contribution in [0.4, 0.5) is 0 Å². The van der Waals surface area contributed by atoms with Crippen molar-refractivity contribution >= 4 is 12.2 Å². The maximum Gasteiger partial charge on any atom is 0.195 e. The van der Waals surface area contributed by atoms with Crippen LogP contribution in [0, 0.1) is 4.77 Å². The number of aromatic amines is 1. The molecule has 0 aliphatic heterocycles. The number of hydrogen-bond acceptors (Lipinski definition) is 2. The van der Waals surface area contributed by atoms with Crippen LogP contribution in [0.5, 0.6) is 0 Å². The third-order valence-electron chi connectivity index (χ3n) is 3.68. The van der Waals surface area contributed by atoms with E-state index in [9.17, 15) is 0 Å². The van der Waals surface area contributed by atoms with Crippen LogP contribution in [0.25, 0.3) is 0 Å². The molecule has 0 saturated heterocycles. The Bertz CT molecular complexity index is 611. The van der Waals surface area contributed by atoms with E-state index < -0.39 is 0 Å². The third-order valence-corrected chi connectivity index (χ3v) is 3.99. The quantitative estimate of drug-likeness (QED) is 0.855. The van der Waals surface area contributed by atoms with E-state index in [1.165, 1.54) is 11.1 Å². The van der Waals surface area contributed by atoms with Crippen molar-refractivity contribution in [1.82, 2.24) is 14.8 Å². The molecule has 0 saturated carbocycles. The van der Waals surface area contributed by atoms with Gasteiger partial charge in [0.1, 0.15) is 5.82 Å². The van der Waals surface area contributed by atoms with E-state index in [1.807, 2.05) is 0 Å². The fraction of sp³-hybridized carbons (Fsp3) is 0.429. The normalized spacial score (nSPS) is 17.3. The summed E-state index contributed by atoms with van der Waals surface area (Å²) >= 11 is 5.32. The van der Waals surface area contributed by atoms with Crippen molar-refractivity contribution in [3.63, 3.8) is 0 Å². The smallest absolute Gasteiger partial charge is 0.195 e. The molecule has 1 atom stereocenters. The summed E-state index contributed by atoms with van der Waals surface area (Å²) in [7, 11) is 0. The summed E-state index contributed by atoms with van der Waals surface area (Å²) in [5.41, 5.74) is 2.96. The molecule has 0 radical (unpaired) electrons. The highest BCUT2D eigenvalue weighted by Gasteiger charge is 2.26. The summed E-state index contributed by atoms with van der Waals surface area (Å²) in [4.78, 5) is 0. The van der Waals surface area contributed by atoms with E-state index in [0.717, 1.165) is 36.4 Å². The van der Waals surface area contributed by atoms with Crippen molar-refractivity contribution in [2.24, 2.45) is 0 Å². The Morgan fingerprint density at radius 1 is 1.44 bits per heavy atom. The van der Waals surface area contributed by atoms with Crippen molar-refractivity contribution in [1.29, 1.82) is 0 Å². The summed E-state index contributed by atoms with van der Waals surface area (Å²) in [6.45, 7) is 3.13. The van der Waals surface area contributed by atoms with E-state index in [4.69, 9.17) is 12.2 Å². The molecule has 0 fully saturated rings. The van der Waals surface area contributed by atoms with E-state index in [0.29, 0.717) is 5.92 Å². The zero-order valence-corrected chi connectivity index (χ0v) is 11.3. The Morgan fingerprint density at radius 2 is 2.28 bits per heavy atom. The highest BCUT2D eigenvalue weighted by Crippen LogP contribution is 2.36. The van der Waals surface area contributed by atoms with Crippen LogP contribution in [0.1, 0.15) is 36.2 Å². The number of H-pyrrole nitrogens is 1. The lowest BCUT2D eigenvalue weighted by Crippen LogP contribution is -2.23. The molecular formula is C14H17N3S. The fourth-order valence-corrected chi connectivity index (χ4v) is 2.92. The van der Waals surface area contributed by atoms with Crippen LogP contribution in [0.15, 0.2) is 24.3 Å². The first-order chi connectivity index (χ1) is 8.79. The monoisotopic (exact) mass is 259 g/mol. The van der Waals surface area contributed by atoms with Crippen LogP contribution in [-0.4, -0.2) is 14.8 Å².